The number of rotatable bonds is 3. The predicted molar refractivity (Wildman–Crippen MR) is 70.2 cm³/mol. The number of nitrogens with one attached hydrogen (secondary N) is 2. The van der Waals surface area contributed by atoms with Crippen LogP contribution in [0.5, 0.6) is 0 Å². The molecule has 0 bridgehead atoms. The molecule has 2 heterocycles. The third-order valence-corrected chi connectivity index (χ3v) is 2.70. The van der Waals surface area contributed by atoms with E-state index in [0.717, 1.165) is 11.0 Å². The van der Waals surface area contributed by atoms with Gasteiger partial charge in [-0.1, -0.05) is 17.3 Å². The van der Waals surface area contributed by atoms with E-state index in [2.05, 4.69) is 35.9 Å². The van der Waals surface area contributed by atoms with Crippen LogP contribution in [0.1, 0.15) is 18.8 Å². The summed E-state index contributed by atoms with van der Waals surface area (Å²) in [7, 11) is 0. The van der Waals surface area contributed by atoms with Crippen molar-refractivity contribution in [1.29, 1.82) is 0 Å². The lowest BCUT2D eigenvalue weighted by Crippen LogP contribution is -2.12. The second-order valence-corrected chi connectivity index (χ2v) is 4.08. The van der Waals surface area contributed by atoms with E-state index in [9.17, 15) is 0 Å². The second kappa shape index (κ2) is 4.48. The molecule has 1 atom stereocenters. The van der Waals surface area contributed by atoms with Gasteiger partial charge < -0.3 is 11.1 Å². The van der Waals surface area contributed by atoms with Crippen LogP contribution < -0.4 is 11.1 Å². The number of benzene rings is 1. The van der Waals surface area contributed by atoms with Crippen molar-refractivity contribution < 1.29 is 0 Å². The molecule has 1 aromatic carbocycles. The maximum atomic E-state index is 5.89. The highest BCUT2D eigenvalue weighted by Gasteiger charge is 2.13. The van der Waals surface area contributed by atoms with Gasteiger partial charge in [-0.05, 0) is 19.1 Å². The number of para-hydroxylation sites is 2. The Morgan fingerprint density at radius 3 is 2.63 bits per heavy atom. The van der Waals surface area contributed by atoms with Gasteiger partial charge in [0.2, 0.25) is 0 Å². The minimum Gasteiger partial charge on any atom is -0.381 e. The molecule has 0 aliphatic heterocycles. The molecule has 8 nitrogen and oxygen atoms in total. The summed E-state index contributed by atoms with van der Waals surface area (Å²) in [6.07, 6.45) is 0. The van der Waals surface area contributed by atoms with E-state index in [-0.39, 0.29) is 6.04 Å². The molecule has 0 amide bonds. The van der Waals surface area contributed by atoms with Crippen molar-refractivity contribution in [3.63, 3.8) is 0 Å². The van der Waals surface area contributed by atoms with Gasteiger partial charge in [-0.2, -0.15) is 5.21 Å². The normalized spacial score (nSPS) is 12.5. The van der Waals surface area contributed by atoms with Crippen LogP contribution in [0.4, 0.5) is 11.6 Å². The first-order valence-corrected chi connectivity index (χ1v) is 5.76. The van der Waals surface area contributed by atoms with Crippen LogP contribution >= 0.6 is 0 Å². The maximum absolute atomic E-state index is 5.89. The van der Waals surface area contributed by atoms with E-state index in [1.165, 1.54) is 0 Å². The van der Waals surface area contributed by atoms with Crippen LogP contribution in [0.3, 0.4) is 0 Å². The summed E-state index contributed by atoms with van der Waals surface area (Å²) in [6.45, 7) is 1.89. The summed E-state index contributed by atoms with van der Waals surface area (Å²) in [5, 5.41) is 16.8. The molecule has 8 heteroatoms. The molecule has 1 unspecified atom stereocenters. The van der Waals surface area contributed by atoms with E-state index < -0.39 is 0 Å². The van der Waals surface area contributed by atoms with Gasteiger partial charge in [-0.3, -0.25) is 0 Å². The topological polar surface area (TPSA) is 118 Å². The highest BCUT2D eigenvalue weighted by Crippen LogP contribution is 2.21. The SMILES string of the molecule is CC(Nc1nc2ccccc2nc1N)c1nn[nH]n1. The largest absolute Gasteiger partial charge is 0.381 e. The first-order chi connectivity index (χ1) is 9.24. The summed E-state index contributed by atoms with van der Waals surface area (Å²) >= 11 is 0. The molecule has 19 heavy (non-hydrogen) atoms. The zero-order chi connectivity index (χ0) is 13.2. The Hall–Kier alpha value is -2.77. The standard InChI is InChI=1S/C11H12N8/c1-6(10-16-18-19-17-10)13-11-9(12)14-7-4-2-3-5-8(7)15-11/h2-6H,1H3,(H2,12,14)(H,13,15)(H,16,17,18,19). The Morgan fingerprint density at radius 2 is 1.95 bits per heavy atom. The third-order valence-electron chi connectivity index (χ3n) is 2.70. The molecule has 0 saturated carbocycles. The zero-order valence-electron chi connectivity index (χ0n) is 10.2. The Morgan fingerprint density at radius 1 is 1.21 bits per heavy atom. The minimum atomic E-state index is -0.170. The summed E-state index contributed by atoms with van der Waals surface area (Å²) in [5.41, 5.74) is 7.43. The molecular weight excluding hydrogens is 244 g/mol. The van der Waals surface area contributed by atoms with Crippen LogP contribution in [-0.4, -0.2) is 30.6 Å². The molecule has 0 spiro atoms. The molecule has 3 aromatic rings. The van der Waals surface area contributed by atoms with Crippen molar-refractivity contribution in [2.24, 2.45) is 0 Å². The number of nitrogen functional groups attached to an aromatic ring is 1. The van der Waals surface area contributed by atoms with Crippen LogP contribution in [0.25, 0.3) is 11.0 Å². The number of fused-ring (bicyclic) bond motifs is 1. The molecule has 3 rings (SSSR count). The van der Waals surface area contributed by atoms with E-state index in [4.69, 9.17) is 5.73 Å². The van der Waals surface area contributed by atoms with Crippen LogP contribution in [0.15, 0.2) is 24.3 Å². The van der Waals surface area contributed by atoms with E-state index in [1.807, 2.05) is 31.2 Å². The molecule has 4 N–H and O–H groups in total. The number of nitrogens with two attached hydrogens (primary N) is 1. The fourth-order valence-corrected chi connectivity index (χ4v) is 1.74. The number of tetrazole rings is 1. The first-order valence-electron chi connectivity index (χ1n) is 5.76. The van der Waals surface area contributed by atoms with E-state index in [1.54, 1.807) is 0 Å². The average Bonchev–Trinajstić information content (AvgIpc) is 2.93. The molecule has 0 fully saturated rings. The second-order valence-electron chi connectivity index (χ2n) is 4.08. The van der Waals surface area contributed by atoms with Crippen molar-refractivity contribution in [2.75, 3.05) is 11.1 Å². The smallest absolute Gasteiger partial charge is 0.196 e. The Kier molecular flexibility index (Phi) is 2.67. The fourth-order valence-electron chi connectivity index (χ4n) is 1.74. The van der Waals surface area contributed by atoms with Gasteiger partial charge in [0.1, 0.15) is 0 Å². The van der Waals surface area contributed by atoms with Crippen LogP contribution in [0, 0.1) is 0 Å². The summed E-state index contributed by atoms with van der Waals surface area (Å²) in [5.74, 6) is 1.39. The van der Waals surface area contributed by atoms with E-state index >= 15 is 0 Å². The maximum Gasteiger partial charge on any atom is 0.196 e. The fraction of sp³-hybridized carbons (Fsp3) is 0.182. The number of hydrogen-bond donors (Lipinski definition) is 3. The highest BCUT2D eigenvalue weighted by molar-refractivity contribution is 5.79. The van der Waals surface area contributed by atoms with Gasteiger partial charge in [0.15, 0.2) is 17.5 Å². The summed E-state index contributed by atoms with van der Waals surface area (Å²) < 4.78 is 0. The van der Waals surface area contributed by atoms with Gasteiger partial charge >= 0.3 is 0 Å². The number of nitrogens with zero attached hydrogens (tertiary/aromatic N) is 5. The van der Waals surface area contributed by atoms with Crippen molar-refractivity contribution in [3.8, 4) is 0 Å². The summed E-state index contributed by atoms with van der Waals surface area (Å²) in [4.78, 5) is 8.74. The number of H-pyrrole nitrogens is 1. The van der Waals surface area contributed by atoms with Crippen molar-refractivity contribution in [3.05, 3.63) is 30.1 Å². The average molecular weight is 256 g/mol. The predicted octanol–water partition coefficient (Wildman–Crippen LogP) is 0.898. The molecule has 0 saturated heterocycles. The van der Waals surface area contributed by atoms with Crippen molar-refractivity contribution in [1.82, 2.24) is 30.6 Å². The molecule has 96 valence electrons. The van der Waals surface area contributed by atoms with Gasteiger partial charge in [0, 0.05) is 0 Å². The van der Waals surface area contributed by atoms with Gasteiger partial charge in [0.05, 0.1) is 17.1 Å². The molecule has 0 aliphatic rings. The lowest BCUT2D eigenvalue weighted by atomic mass is 10.3. The Labute approximate surface area is 108 Å². The highest BCUT2D eigenvalue weighted by atomic mass is 15.5. The van der Waals surface area contributed by atoms with Gasteiger partial charge in [-0.25, -0.2) is 9.97 Å². The molecule has 2 aromatic heterocycles. The quantitative estimate of drug-likeness (QED) is 0.637. The Balaban J connectivity index is 1.94. The molecule has 0 radical (unpaired) electrons. The zero-order valence-corrected chi connectivity index (χ0v) is 10.2. The van der Waals surface area contributed by atoms with E-state index in [0.29, 0.717) is 17.5 Å². The van der Waals surface area contributed by atoms with Crippen molar-refractivity contribution >= 4 is 22.7 Å². The van der Waals surface area contributed by atoms with Crippen LogP contribution in [-0.2, 0) is 0 Å². The first kappa shape index (κ1) is 11.3. The van der Waals surface area contributed by atoms with Gasteiger partial charge in [0.25, 0.3) is 0 Å². The number of hydrogen-bond acceptors (Lipinski definition) is 7. The number of aromatic nitrogens is 6. The minimum absolute atomic E-state index is 0.170. The van der Waals surface area contributed by atoms with Crippen LogP contribution in [0.2, 0.25) is 0 Å². The Bertz CT molecular complexity index is 693. The number of aromatic amines is 1. The summed E-state index contributed by atoms with van der Waals surface area (Å²) in [6, 6.07) is 7.37. The monoisotopic (exact) mass is 256 g/mol. The third kappa shape index (κ3) is 2.15. The van der Waals surface area contributed by atoms with Gasteiger partial charge in [-0.15, -0.1) is 10.2 Å². The molecule has 0 aliphatic carbocycles. The molecular formula is C11H12N8. The lowest BCUT2D eigenvalue weighted by molar-refractivity contribution is 0.788. The number of anilines is 2. The lowest BCUT2D eigenvalue weighted by Gasteiger charge is -2.12. The van der Waals surface area contributed by atoms with Crippen molar-refractivity contribution in [2.45, 2.75) is 13.0 Å².